The molecule has 1 fully saturated rings. The SMILES string of the molecule is CCNC(=O)C1CNCCN1C(=O)c1ncccc1Br. The van der Waals surface area contributed by atoms with Crippen molar-refractivity contribution in [3.8, 4) is 0 Å². The maximum Gasteiger partial charge on any atom is 0.274 e. The Hall–Kier alpha value is -1.47. The van der Waals surface area contributed by atoms with Gasteiger partial charge < -0.3 is 15.5 Å². The zero-order valence-corrected chi connectivity index (χ0v) is 12.8. The van der Waals surface area contributed by atoms with Crippen LogP contribution in [-0.4, -0.2) is 53.9 Å². The van der Waals surface area contributed by atoms with E-state index >= 15 is 0 Å². The van der Waals surface area contributed by atoms with E-state index in [9.17, 15) is 9.59 Å². The van der Waals surface area contributed by atoms with Gasteiger partial charge in [-0.2, -0.15) is 0 Å². The number of carbonyl (C=O) groups is 2. The molecular weight excluding hydrogens is 324 g/mol. The summed E-state index contributed by atoms with van der Waals surface area (Å²) in [7, 11) is 0. The number of hydrogen-bond acceptors (Lipinski definition) is 4. The van der Waals surface area contributed by atoms with Crippen molar-refractivity contribution in [1.82, 2.24) is 20.5 Å². The van der Waals surface area contributed by atoms with E-state index in [0.717, 1.165) is 0 Å². The van der Waals surface area contributed by atoms with Gasteiger partial charge in [-0.15, -0.1) is 0 Å². The number of pyridine rings is 1. The van der Waals surface area contributed by atoms with Gasteiger partial charge in [0.15, 0.2) is 0 Å². The van der Waals surface area contributed by atoms with Crippen LogP contribution in [0.2, 0.25) is 0 Å². The summed E-state index contributed by atoms with van der Waals surface area (Å²) in [5.41, 5.74) is 0.337. The lowest BCUT2D eigenvalue weighted by molar-refractivity contribution is -0.126. The van der Waals surface area contributed by atoms with Crippen LogP contribution in [0.25, 0.3) is 0 Å². The molecule has 108 valence electrons. The minimum absolute atomic E-state index is 0.139. The van der Waals surface area contributed by atoms with Crippen molar-refractivity contribution in [3.63, 3.8) is 0 Å². The van der Waals surface area contributed by atoms with Gasteiger partial charge in [0.1, 0.15) is 11.7 Å². The zero-order chi connectivity index (χ0) is 14.5. The molecule has 0 saturated carbocycles. The maximum absolute atomic E-state index is 12.6. The summed E-state index contributed by atoms with van der Waals surface area (Å²) in [5, 5.41) is 5.90. The highest BCUT2D eigenvalue weighted by molar-refractivity contribution is 9.10. The highest BCUT2D eigenvalue weighted by Crippen LogP contribution is 2.17. The fourth-order valence-corrected chi connectivity index (χ4v) is 2.58. The smallest absolute Gasteiger partial charge is 0.274 e. The summed E-state index contributed by atoms with van der Waals surface area (Å²) in [4.78, 5) is 30.3. The van der Waals surface area contributed by atoms with Gasteiger partial charge in [0.05, 0.1) is 0 Å². The first-order valence-electron chi connectivity index (χ1n) is 6.55. The molecule has 0 spiro atoms. The molecule has 1 saturated heterocycles. The van der Waals surface area contributed by atoms with Gasteiger partial charge in [0.2, 0.25) is 5.91 Å². The highest BCUT2D eigenvalue weighted by atomic mass is 79.9. The monoisotopic (exact) mass is 340 g/mol. The lowest BCUT2D eigenvalue weighted by Gasteiger charge is -2.35. The number of aromatic nitrogens is 1. The molecular formula is C13H17BrN4O2. The highest BCUT2D eigenvalue weighted by Gasteiger charge is 2.33. The zero-order valence-electron chi connectivity index (χ0n) is 11.2. The number of likely N-dealkylation sites (N-methyl/N-ethyl adjacent to an activating group) is 1. The summed E-state index contributed by atoms with van der Waals surface area (Å²) in [6, 6.07) is 3.02. The van der Waals surface area contributed by atoms with Crippen molar-refractivity contribution in [2.75, 3.05) is 26.2 Å². The third-order valence-corrected chi connectivity index (χ3v) is 3.76. The van der Waals surface area contributed by atoms with E-state index in [4.69, 9.17) is 0 Å². The summed E-state index contributed by atoms with van der Waals surface area (Å²) in [5.74, 6) is -0.365. The van der Waals surface area contributed by atoms with Gasteiger partial charge in [0, 0.05) is 36.8 Å². The first kappa shape index (κ1) is 14.9. The topological polar surface area (TPSA) is 74.3 Å². The molecule has 6 nitrogen and oxygen atoms in total. The Kier molecular flexibility index (Phi) is 5.08. The Morgan fingerprint density at radius 2 is 2.40 bits per heavy atom. The Bertz CT molecular complexity index is 509. The van der Waals surface area contributed by atoms with Gasteiger partial charge in [-0.1, -0.05) is 0 Å². The van der Waals surface area contributed by atoms with Gasteiger partial charge in [0.25, 0.3) is 5.91 Å². The first-order valence-corrected chi connectivity index (χ1v) is 7.34. The molecule has 1 aliphatic rings. The van der Waals surface area contributed by atoms with Crippen LogP contribution < -0.4 is 10.6 Å². The van der Waals surface area contributed by atoms with Crippen molar-refractivity contribution < 1.29 is 9.59 Å². The van der Waals surface area contributed by atoms with E-state index in [1.165, 1.54) is 0 Å². The standard InChI is InChI=1S/C13H17BrN4O2/c1-2-16-12(19)10-8-15-6-7-18(10)13(20)11-9(14)4-3-5-17-11/h3-5,10,15H,2,6-8H2,1H3,(H,16,19). The van der Waals surface area contributed by atoms with Crippen molar-refractivity contribution in [2.45, 2.75) is 13.0 Å². The molecule has 2 amide bonds. The number of nitrogens with one attached hydrogen (secondary N) is 2. The lowest BCUT2D eigenvalue weighted by Crippen LogP contribution is -2.59. The molecule has 1 unspecified atom stereocenters. The summed E-state index contributed by atoms with van der Waals surface area (Å²) >= 11 is 3.33. The molecule has 1 aromatic rings. The predicted octanol–water partition coefficient (Wildman–Crippen LogP) is 0.394. The molecule has 0 radical (unpaired) electrons. The third kappa shape index (κ3) is 3.16. The van der Waals surface area contributed by atoms with Crippen LogP contribution >= 0.6 is 15.9 Å². The predicted molar refractivity (Wildman–Crippen MR) is 78.3 cm³/mol. The van der Waals surface area contributed by atoms with E-state index in [0.29, 0.717) is 36.3 Å². The number of nitrogens with zero attached hydrogens (tertiary/aromatic N) is 2. The second kappa shape index (κ2) is 6.81. The quantitative estimate of drug-likeness (QED) is 0.834. The van der Waals surface area contributed by atoms with Gasteiger partial charge in [-0.05, 0) is 35.0 Å². The van der Waals surface area contributed by atoms with E-state index in [2.05, 4.69) is 31.5 Å². The van der Waals surface area contributed by atoms with Crippen LogP contribution in [-0.2, 0) is 4.79 Å². The Balaban J connectivity index is 2.22. The van der Waals surface area contributed by atoms with Gasteiger partial charge in [-0.25, -0.2) is 4.98 Å². The average molecular weight is 341 g/mol. The van der Waals surface area contributed by atoms with E-state index in [1.54, 1.807) is 23.2 Å². The molecule has 7 heteroatoms. The van der Waals surface area contributed by atoms with Gasteiger partial charge in [-0.3, -0.25) is 9.59 Å². The van der Waals surface area contributed by atoms with Crippen LogP contribution in [0.3, 0.4) is 0 Å². The minimum atomic E-state index is -0.495. The summed E-state index contributed by atoms with van der Waals surface area (Å²) in [6.07, 6.45) is 1.57. The summed E-state index contributed by atoms with van der Waals surface area (Å²) < 4.78 is 0.637. The fourth-order valence-electron chi connectivity index (χ4n) is 2.15. The Morgan fingerprint density at radius 1 is 1.60 bits per heavy atom. The Morgan fingerprint density at radius 3 is 3.10 bits per heavy atom. The van der Waals surface area contributed by atoms with Crippen molar-refractivity contribution in [3.05, 3.63) is 28.5 Å². The second-order valence-electron chi connectivity index (χ2n) is 4.45. The minimum Gasteiger partial charge on any atom is -0.355 e. The lowest BCUT2D eigenvalue weighted by atomic mass is 10.1. The third-order valence-electron chi connectivity index (χ3n) is 3.12. The molecule has 20 heavy (non-hydrogen) atoms. The molecule has 0 aromatic carbocycles. The number of rotatable bonds is 3. The van der Waals surface area contributed by atoms with E-state index in [-0.39, 0.29) is 11.8 Å². The van der Waals surface area contributed by atoms with Crippen molar-refractivity contribution >= 4 is 27.7 Å². The molecule has 2 heterocycles. The molecule has 1 atom stereocenters. The fraction of sp³-hybridized carbons (Fsp3) is 0.462. The van der Waals surface area contributed by atoms with Crippen LogP contribution in [0.15, 0.2) is 22.8 Å². The number of hydrogen-bond donors (Lipinski definition) is 2. The van der Waals surface area contributed by atoms with Crippen molar-refractivity contribution in [1.29, 1.82) is 0 Å². The number of carbonyl (C=O) groups excluding carboxylic acids is 2. The van der Waals surface area contributed by atoms with E-state index in [1.807, 2.05) is 6.92 Å². The van der Waals surface area contributed by atoms with Crippen LogP contribution in [0.5, 0.6) is 0 Å². The van der Waals surface area contributed by atoms with Crippen molar-refractivity contribution in [2.24, 2.45) is 0 Å². The Labute approximate surface area is 126 Å². The number of amides is 2. The van der Waals surface area contributed by atoms with Gasteiger partial charge >= 0.3 is 0 Å². The number of halogens is 1. The van der Waals surface area contributed by atoms with E-state index < -0.39 is 6.04 Å². The maximum atomic E-state index is 12.6. The van der Waals surface area contributed by atoms with Crippen LogP contribution in [0.4, 0.5) is 0 Å². The molecule has 2 N–H and O–H groups in total. The molecule has 1 aliphatic heterocycles. The molecule has 0 bridgehead atoms. The van der Waals surface area contributed by atoms with Crippen LogP contribution in [0.1, 0.15) is 17.4 Å². The van der Waals surface area contributed by atoms with Crippen LogP contribution in [0, 0.1) is 0 Å². The first-order chi connectivity index (χ1) is 9.65. The normalized spacial score (nSPS) is 18.7. The number of piperazine rings is 1. The second-order valence-corrected chi connectivity index (χ2v) is 5.30. The molecule has 1 aromatic heterocycles. The largest absolute Gasteiger partial charge is 0.355 e. The molecule has 0 aliphatic carbocycles. The molecule has 2 rings (SSSR count). The average Bonchev–Trinajstić information content (AvgIpc) is 2.47. The summed E-state index contributed by atoms with van der Waals surface area (Å²) in [6.45, 7) is 4.03.